The molecule has 0 saturated heterocycles. The zero-order chi connectivity index (χ0) is 19.3. The summed E-state index contributed by atoms with van der Waals surface area (Å²) < 4.78 is 15.8. The molecule has 10 heteroatoms. The van der Waals surface area contributed by atoms with Gasteiger partial charge in [0.1, 0.15) is 16.7 Å². The van der Waals surface area contributed by atoms with Crippen LogP contribution >= 0.6 is 34.8 Å². The first-order chi connectivity index (χ1) is 12.5. The maximum atomic E-state index is 8.98. The monoisotopic (exact) mass is 414 g/mol. The minimum absolute atomic E-state index is 0.000322. The normalized spacial score (nSPS) is 10.5. The lowest BCUT2D eigenvalue weighted by molar-refractivity contribution is 0.324. The Balaban J connectivity index is 2.31. The van der Waals surface area contributed by atoms with Crippen molar-refractivity contribution in [1.29, 1.82) is 5.26 Å². The number of pyridine rings is 1. The molecule has 0 spiro atoms. The predicted octanol–water partition coefficient (Wildman–Crippen LogP) is 4.39. The Hall–Kier alpha value is -2.40. The Labute approximate surface area is 165 Å². The molecule has 1 aromatic heterocycles. The van der Waals surface area contributed by atoms with Gasteiger partial charge in [-0.3, -0.25) is 5.43 Å². The van der Waals surface area contributed by atoms with E-state index in [-0.39, 0.29) is 26.6 Å². The number of halogens is 3. The third-order valence-electron chi connectivity index (χ3n) is 3.22. The van der Waals surface area contributed by atoms with Gasteiger partial charge in [-0.2, -0.15) is 10.4 Å². The molecule has 0 aliphatic rings. The fourth-order valence-electron chi connectivity index (χ4n) is 2.02. The van der Waals surface area contributed by atoms with E-state index in [0.29, 0.717) is 22.8 Å². The summed E-state index contributed by atoms with van der Waals surface area (Å²) in [5.74, 6) is 1.54. The standard InChI is InChI=1S/C16H13Cl3N4O3/c1-24-10-4-8(5-11(25-2)14(10)26-3)7-21-23-16-13(18)12(17)9(6-20)15(19)22-16/h4-5,7H,1-3H3,(H,22,23)/b21-7+. The van der Waals surface area contributed by atoms with Crippen LogP contribution in [0.3, 0.4) is 0 Å². The number of nitrogens with zero attached hydrogens (tertiary/aromatic N) is 3. The van der Waals surface area contributed by atoms with E-state index in [0.717, 1.165) is 0 Å². The minimum Gasteiger partial charge on any atom is -0.493 e. The van der Waals surface area contributed by atoms with Crippen molar-refractivity contribution < 1.29 is 14.2 Å². The average Bonchev–Trinajstić information content (AvgIpc) is 2.65. The molecule has 136 valence electrons. The van der Waals surface area contributed by atoms with Crippen molar-refractivity contribution in [3.05, 3.63) is 38.5 Å². The van der Waals surface area contributed by atoms with Gasteiger partial charge in [0.25, 0.3) is 0 Å². The van der Waals surface area contributed by atoms with Gasteiger partial charge in [0.2, 0.25) is 5.75 Å². The Morgan fingerprint density at radius 3 is 2.19 bits per heavy atom. The number of nitriles is 1. The van der Waals surface area contributed by atoms with Crippen LogP contribution in [0, 0.1) is 11.3 Å². The van der Waals surface area contributed by atoms with Gasteiger partial charge in [-0.1, -0.05) is 34.8 Å². The van der Waals surface area contributed by atoms with Crippen molar-refractivity contribution >= 4 is 46.8 Å². The van der Waals surface area contributed by atoms with Gasteiger partial charge in [0.15, 0.2) is 22.5 Å². The van der Waals surface area contributed by atoms with Crippen LogP contribution in [0.5, 0.6) is 17.2 Å². The van der Waals surface area contributed by atoms with Gasteiger partial charge < -0.3 is 14.2 Å². The van der Waals surface area contributed by atoms with Gasteiger partial charge >= 0.3 is 0 Å². The first kappa shape index (κ1) is 19.9. The van der Waals surface area contributed by atoms with Crippen molar-refractivity contribution in [1.82, 2.24) is 4.98 Å². The SMILES string of the molecule is COc1cc(/C=N/Nc2nc(Cl)c(C#N)c(Cl)c2Cl)cc(OC)c1OC. The number of anilines is 1. The van der Waals surface area contributed by atoms with Crippen LogP contribution in [0.15, 0.2) is 17.2 Å². The molecule has 0 aliphatic heterocycles. The molecule has 1 N–H and O–H groups in total. The number of benzene rings is 1. The highest BCUT2D eigenvalue weighted by atomic mass is 35.5. The molecule has 26 heavy (non-hydrogen) atoms. The summed E-state index contributed by atoms with van der Waals surface area (Å²) in [7, 11) is 4.55. The maximum Gasteiger partial charge on any atom is 0.203 e. The summed E-state index contributed by atoms with van der Waals surface area (Å²) in [6.45, 7) is 0. The van der Waals surface area contributed by atoms with Crippen molar-refractivity contribution in [2.75, 3.05) is 26.8 Å². The van der Waals surface area contributed by atoms with E-state index < -0.39 is 0 Å². The van der Waals surface area contributed by atoms with Crippen LogP contribution in [0.1, 0.15) is 11.1 Å². The summed E-state index contributed by atoms with van der Waals surface area (Å²) in [4.78, 5) is 3.96. The summed E-state index contributed by atoms with van der Waals surface area (Å²) in [5.41, 5.74) is 3.29. The molecule has 1 heterocycles. The van der Waals surface area contributed by atoms with Crippen LogP contribution in [0.2, 0.25) is 15.2 Å². The molecule has 2 aromatic rings. The molecule has 0 aliphatic carbocycles. The molecule has 0 bridgehead atoms. The van der Waals surface area contributed by atoms with Crippen LogP contribution in [0.25, 0.3) is 0 Å². The summed E-state index contributed by atoms with van der Waals surface area (Å²) >= 11 is 18.0. The Morgan fingerprint density at radius 2 is 1.69 bits per heavy atom. The summed E-state index contributed by atoms with van der Waals surface area (Å²) in [6.07, 6.45) is 1.49. The van der Waals surface area contributed by atoms with Gasteiger partial charge in [0.05, 0.1) is 32.6 Å². The predicted molar refractivity (Wildman–Crippen MR) is 101 cm³/mol. The number of methoxy groups -OCH3 is 3. The zero-order valence-electron chi connectivity index (χ0n) is 13.9. The van der Waals surface area contributed by atoms with E-state index in [1.807, 2.05) is 6.07 Å². The van der Waals surface area contributed by atoms with Gasteiger partial charge in [-0.15, -0.1) is 0 Å². The van der Waals surface area contributed by atoms with Gasteiger partial charge in [-0.05, 0) is 12.1 Å². The number of rotatable bonds is 6. The lowest BCUT2D eigenvalue weighted by atomic mass is 10.2. The summed E-state index contributed by atoms with van der Waals surface area (Å²) in [5, 5.41) is 13.0. The highest BCUT2D eigenvalue weighted by Gasteiger charge is 2.16. The third-order valence-corrected chi connectivity index (χ3v) is 4.34. The van der Waals surface area contributed by atoms with E-state index in [2.05, 4.69) is 15.5 Å². The molecule has 0 saturated carbocycles. The quantitative estimate of drug-likeness (QED) is 0.428. The number of hydrogen-bond acceptors (Lipinski definition) is 7. The number of nitrogens with one attached hydrogen (secondary N) is 1. The van der Waals surface area contributed by atoms with E-state index in [1.54, 1.807) is 12.1 Å². The molecule has 0 unspecified atom stereocenters. The number of hydrogen-bond donors (Lipinski definition) is 1. The molecule has 0 amide bonds. The Bertz CT molecular complexity index is 872. The summed E-state index contributed by atoms with van der Waals surface area (Å²) in [6, 6.07) is 5.25. The van der Waals surface area contributed by atoms with Crippen LogP contribution in [0.4, 0.5) is 5.82 Å². The number of ether oxygens (including phenoxy) is 3. The molecule has 1 aromatic carbocycles. The largest absolute Gasteiger partial charge is 0.493 e. The van der Waals surface area contributed by atoms with Gasteiger partial charge in [0, 0.05) is 5.56 Å². The fraction of sp³-hybridized carbons (Fsp3) is 0.188. The van der Waals surface area contributed by atoms with Crippen molar-refractivity contribution in [2.24, 2.45) is 5.10 Å². The van der Waals surface area contributed by atoms with E-state index in [1.165, 1.54) is 27.5 Å². The topological polar surface area (TPSA) is 88.8 Å². The van der Waals surface area contributed by atoms with Crippen LogP contribution in [-0.4, -0.2) is 32.5 Å². The highest BCUT2D eigenvalue weighted by molar-refractivity contribution is 6.45. The zero-order valence-corrected chi connectivity index (χ0v) is 16.2. The van der Waals surface area contributed by atoms with Crippen molar-refractivity contribution in [3.8, 4) is 23.3 Å². The maximum absolute atomic E-state index is 8.98. The second-order valence-electron chi connectivity index (χ2n) is 4.69. The average molecular weight is 416 g/mol. The van der Waals surface area contributed by atoms with Crippen LogP contribution < -0.4 is 19.6 Å². The Morgan fingerprint density at radius 1 is 1.08 bits per heavy atom. The molecule has 2 rings (SSSR count). The number of hydrazone groups is 1. The van der Waals surface area contributed by atoms with Crippen LogP contribution in [-0.2, 0) is 0 Å². The third kappa shape index (κ3) is 4.05. The molecule has 0 fully saturated rings. The second kappa shape index (κ2) is 8.81. The second-order valence-corrected chi connectivity index (χ2v) is 5.81. The first-order valence-corrected chi connectivity index (χ1v) is 8.13. The lowest BCUT2D eigenvalue weighted by Gasteiger charge is -2.12. The van der Waals surface area contributed by atoms with Crippen molar-refractivity contribution in [2.45, 2.75) is 0 Å². The first-order valence-electron chi connectivity index (χ1n) is 7.00. The van der Waals surface area contributed by atoms with Gasteiger partial charge in [-0.25, -0.2) is 4.98 Å². The highest BCUT2D eigenvalue weighted by Crippen LogP contribution is 2.38. The minimum atomic E-state index is -0.0765. The van der Waals surface area contributed by atoms with Crippen molar-refractivity contribution in [3.63, 3.8) is 0 Å². The molecular weight excluding hydrogens is 403 g/mol. The van der Waals surface area contributed by atoms with E-state index >= 15 is 0 Å². The molecular formula is C16H13Cl3N4O3. The molecule has 0 radical (unpaired) electrons. The Kier molecular flexibility index (Phi) is 6.75. The smallest absolute Gasteiger partial charge is 0.203 e. The fourth-order valence-corrected chi connectivity index (χ4v) is 2.69. The van der Waals surface area contributed by atoms with E-state index in [4.69, 9.17) is 54.3 Å². The number of aromatic nitrogens is 1. The van der Waals surface area contributed by atoms with E-state index in [9.17, 15) is 0 Å². The molecule has 0 atom stereocenters. The lowest BCUT2D eigenvalue weighted by Crippen LogP contribution is -1.99. The molecule has 7 nitrogen and oxygen atoms in total.